The molecule has 0 aliphatic heterocycles. The number of hydrogen-bond donors (Lipinski definition) is 2. The topological polar surface area (TPSA) is 63.8 Å². The van der Waals surface area contributed by atoms with Crippen molar-refractivity contribution in [3.63, 3.8) is 0 Å². The van der Waals surface area contributed by atoms with Gasteiger partial charge in [0.05, 0.1) is 33.4 Å². The lowest BCUT2D eigenvalue weighted by atomic mass is 10.1. The lowest BCUT2D eigenvalue weighted by molar-refractivity contribution is 1.23. The highest BCUT2D eigenvalue weighted by molar-refractivity contribution is 7.98. The predicted molar refractivity (Wildman–Crippen MR) is 148 cm³/mol. The number of benzene rings is 4. The van der Waals surface area contributed by atoms with Crippen molar-refractivity contribution in [2.75, 3.05) is 23.3 Å². The Morgan fingerprint density at radius 2 is 1.24 bits per heavy atom. The minimum absolute atomic E-state index is 0.811. The molecule has 0 fully saturated rings. The van der Waals surface area contributed by atoms with Gasteiger partial charge in [-0.25, -0.2) is 9.97 Å². The third-order valence-electron chi connectivity index (χ3n) is 6.23. The molecular formula is C29H24N4S. The fourth-order valence-corrected chi connectivity index (χ4v) is 5.43. The molecule has 34 heavy (non-hydrogen) atoms. The van der Waals surface area contributed by atoms with E-state index in [0.717, 1.165) is 73.0 Å². The summed E-state index contributed by atoms with van der Waals surface area (Å²) in [6.45, 7) is 0.867. The molecule has 4 nitrogen and oxygen atoms in total. The molecule has 0 aliphatic rings. The van der Waals surface area contributed by atoms with Crippen LogP contribution in [0.5, 0.6) is 0 Å². The minimum atomic E-state index is 0.811. The van der Waals surface area contributed by atoms with Crippen molar-refractivity contribution in [3.05, 3.63) is 96.6 Å². The van der Waals surface area contributed by atoms with Gasteiger partial charge < -0.3 is 11.1 Å². The third-order valence-corrected chi connectivity index (χ3v) is 7.24. The maximum absolute atomic E-state index is 6.49. The quantitative estimate of drug-likeness (QED) is 0.207. The zero-order valence-corrected chi connectivity index (χ0v) is 19.5. The van der Waals surface area contributed by atoms with E-state index >= 15 is 0 Å². The van der Waals surface area contributed by atoms with Crippen molar-refractivity contribution in [2.24, 2.45) is 0 Å². The summed E-state index contributed by atoms with van der Waals surface area (Å²) < 4.78 is 0. The molecule has 6 aromatic rings. The molecule has 3 N–H and O–H groups in total. The van der Waals surface area contributed by atoms with Gasteiger partial charge in [0, 0.05) is 39.6 Å². The fourth-order valence-electron chi connectivity index (χ4n) is 4.58. The molecule has 0 saturated carbocycles. The number of nitrogens with two attached hydrogens (primary N) is 1. The first-order valence-electron chi connectivity index (χ1n) is 11.4. The van der Waals surface area contributed by atoms with Crippen LogP contribution in [0.4, 0.5) is 11.4 Å². The maximum Gasteiger partial charge on any atom is 0.0770 e. The molecule has 2 heterocycles. The van der Waals surface area contributed by atoms with Crippen LogP contribution in [-0.4, -0.2) is 22.3 Å². The van der Waals surface area contributed by atoms with E-state index in [-0.39, 0.29) is 0 Å². The van der Waals surface area contributed by atoms with Crippen molar-refractivity contribution in [1.29, 1.82) is 0 Å². The van der Waals surface area contributed by atoms with Crippen LogP contribution in [0.15, 0.2) is 91.0 Å². The summed E-state index contributed by atoms with van der Waals surface area (Å²) in [5.41, 5.74) is 13.7. The number of rotatable bonds is 6. The van der Waals surface area contributed by atoms with Gasteiger partial charge in [-0.15, -0.1) is 0 Å². The molecule has 0 bridgehead atoms. The minimum Gasteiger partial charge on any atom is -0.398 e. The second-order valence-corrected chi connectivity index (χ2v) is 9.46. The number of nitrogens with zero attached hydrogens (tertiary/aromatic N) is 2. The summed E-state index contributed by atoms with van der Waals surface area (Å²) in [6, 6.07) is 31.0. The average molecular weight is 461 g/mol. The Morgan fingerprint density at radius 1 is 0.647 bits per heavy atom. The largest absolute Gasteiger partial charge is 0.398 e. The molecule has 0 saturated heterocycles. The molecule has 0 unspecified atom stereocenters. The zero-order chi connectivity index (χ0) is 22.9. The number of aromatic nitrogens is 2. The predicted octanol–water partition coefficient (Wildman–Crippen LogP) is 7.02. The van der Waals surface area contributed by atoms with Crippen LogP contribution in [-0.2, 0) is 5.75 Å². The normalized spacial score (nSPS) is 11.5. The van der Waals surface area contributed by atoms with E-state index in [1.54, 1.807) is 0 Å². The molecule has 0 radical (unpaired) electrons. The average Bonchev–Trinajstić information content (AvgIpc) is 2.88. The molecule has 0 spiro atoms. The van der Waals surface area contributed by atoms with Crippen molar-refractivity contribution < 1.29 is 0 Å². The Hall–Kier alpha value is -3.83. The SMILES string of the molecule is Nc1c2ccccc2nc2c(CSCCNc3c4ccccc4nc4ccccc34)cccc12. The van der Waals surface area contributed by atoms with E-state index in [9.17, 15) is 0 Å². The molecule has 166 valence electrons. The Bertz CT molecular complexity index is 1610. The molecule has 2 aromatic heterocycles. The number of nitrogen functional groups attached to an aromatic ring is 1. The fraction of sp³-hybridized carbons (Fsp3) is 0.103. The van der Waals surface area contributed by atoms with Crippen molar-refractivity contribution in [2.45, 2.75) is 5.75 Å². The maximum atomic E-state index is 6.49. The summed E-state index contributed by atoms with van der Waals surface area (Å²) in [5, 5.41) is 8.06. The first-order valence-corrected chi connectivity index (χ1v) is 12.6. The highest BCUT2D eigenvalue weighted by Crippen LogP contribution is 2.32. The van der Waals surface area contributed by atoms with Crippen LogP contribution < -0.4 is 11.1 Å². The van der Waals surface area contributed by atoms with Gasteiger partial charge in [0.25, 0.3) is 0 Å². The monoisotopic (exact) mass is 460 g/mol. The van der Waals surface area contributed by atoms with E-state index < -0.39 is 0 Å². The summed E-state index contributed by atoms with van der Waals surface area (Å²) >= 11 is 1.90. The van der Waals surface area contributed by atoms with Gasteiger partial charge in [-0.05, 0) is 23.8 Å². The Morgan fingerprint density at radius 3 is 1.94 bits per heavy atom. The number of anilines is 2. The van der Waals surface area contributed by atoms with Gasteiger partial charge in [-0.1, -0.05) is 72.8 Å². The van der Waals surface area contributed by atoms with E-state index in [1.165, 1.54) is 5.56 Å². The smallest absolute Gasteiger partial charge is 0.0770 e. The zero-order valence-electron chi connectivity index (χ0n) is 18.7. The molecule has 0 aliphatic carbocycles. The van der Waals surface area contributed by atoms with Crippen LogP contribution in [0.2, 0.25) is 0 Å². The van der Waals surface area contributed by atoms with Crippen molar-refractivity contribution in [1.82, 2.24) is 9.97 Å². The lowest BCUT2D eigenvalue weighted by Crippen LogP contribution is -2.06. The van der Waals surface area contributed by atoms with Gasteiger partial charge in [0.1, 0.15) is 0 Å². The van der Waals surface area contributed by atoms with Gasteiger partial charge in [0.2, 0.25) is 0 Å². The summed E-state index contributed by atoms with van der Waals surface area (Å²) in [7, 11) is 0. The molecule has 0 amide bonds. The van der Waals surface area contributed by atoms with E-state index in [0.29, 0.717) is 0 Å². The Labute approximate surface area is 202 Å². The van der Waals surface area contributed by atoms with Crippen molar-refractivity contribution >= 4 is 66.7 Å². The highest BCUT2D eigenvalue weighted by Gasteiger charge is 2.10. The number of fused-ring (bicyclic) bond motifs is 4. The summed E-state index contributed by atoms with van der Waals surface area (Å²) in [6.07, 6.45) is 0. The number of para-hydroxylation sites is 4. The van der Waals surface area contributed by atoms with E-state index in [4.69, 9.17) is 15.7 Å². The molecule has 6 rings (SSSR count). The summed E-state index contributed by atoms with van der Waals surface area (Å²) in [5.74, 6) is 1.87. The standard InChI is InChI=1S/C29H24N4S/c30-27-20-9-1-4-13-24(20)33-28-19(8-7-12-23(27)28)18-34-17-16-31-29-21-10-2-5-14-25(21)32-26-15-6-3-11-22(26)29/h1-15H,16-18H2,(H2,30,33)(H,31,32). The Kier molecular flexibility index (Phi) is 5.40. The number of pyridine rings is 2. The molecule has 0 atom stereocenters. The van der Waals surface area contributed by atoms with E-state index in [2.05, 4.69) is 59.9 Å². The number of thioether (sulfide) groups is 1. The number of nitrogens with one attached hydrogen (secondary N) is 1. The number of hydrogen-bond acceptors (Lipinski definition) is 5. The van der Waals surface area contributed by atoms with Crippen LogP contribution in [0, 0.1) is 0 Å². The second-order valence-electron chi connectivity index (χ2n) is 8.36. The molecule has 4 aromatic carbocycles. The van der Waals surface area contributed by atoms with Gasteiger partial charge in [-0.3, -0.25) is 0 Å². The van der Waals surface area contributed by atoms with Crippen LogP contribution in [0.25, 0.3) is 43.6 Å². The van der Waals surface area contributed by atoms with Crippen molar-refractivity contribution in [3.8, 4) is 0 Å². The van der Waals surface area contributed by atoms with Gasteiger partial charge >= 0.3 is 0 Å². The van der Waals surface area contributed by atoms with Gasteiger partial charge in [-0.2, -0.15) is 11.8 Å². The summed E-state index contributed by atoms with van der Waals surface area (Å²) in [4.78, 5) is 9.76. The Balaban J connectivity index is 1.21. The third kappa shape index (κ3) is 3.68. The lowest BCUT2D eigenvalue weighted by Gasteiger charge is -2.13. The molecular weight excluding hydrogens is 436 g/mol. The first kappa shape index (κ1) is 20.8. The van der Waals surface area contributed by atoms with Gasteiger partial charge in [0.15, 0.2) is 0 Å². The van der Waals surface area contributed by atoms with E-state index in [1.807, 2.05) is 48.2 Å². The highest BCUT2D eigenvalue weighted by atomic mass is 32.2. The van der Waals surface area contributed by atoms with Crippen LogP contribution in [0.3, 0.4) is 0 Å². The van der Waals surface area contributed by atoms with Crippen LogP contribution in [0.1, 0.15) is 5.56 Å². The molecule has 5 heteroatoms. The second kappa shape index (κ2) is 8.84. The first-order chi connectivity index (χ1) is 16.8. The van der Waals surface area contributed by atoms with Crippen LogP contribution >= 0.6 is 11.8 Å².